The molecule has 192 valence electrons. The number of phenolic OH excluding ortho intramolecular Hbond substituents is 1. The van der Waals surface area contributed by atoms with Crippen LogP contribution in [0.4, 0.5) is 0 Å². The quantitative estimate of drug-likeness (QED) is 0.333. The third-order valence-electron chi connectivity index (χ3n) is 6.29. The molecular formula is C27H30O9. The van der Waals surface area contributed by atoms with E-state index in [2.05, 4.69) is 0 Å². The molecule has 1 heterocycles. The second-order valence-electron chi connectivity index (χ2n) is 8.33. The maximum Gasteiger partial charge on any atom is 0.165 e. The van der Waals surface area contributed by atoms with Crippen molar-refractivity contribution in [1.29, 1.82) is 0 Å². The van der Waals surface area contributed by atoms with Crippen molar-refractivity contribution in [2.75, 3.05) is 34.5 Å². The molecule has 0 spiro atoms. The molecule has 0 radical (unpaired) electrons. The maximum absolute atomic E-state index is 11.2. The zero-order valence-electron chi connectivity index (χ0n) is 20.2. The van der Waals surface area contributed by atoms with Crippen molar-refractivity contribution in [2.45, 2.75) is 24.2 Å². The number of aromatic hydroxyl groups is 1. The molecule has 0 saturated heterocycles. The molecule has 9 nitrogen and oxygen atoms in total. The molecule has 0 fully saturated rings. The number of ether oxygens (including phenoxy) is 5. The second-order valence-corrected chi connectivity index (χ2v) is 8.33. The van der Waals surface area contributed by atoms with Crippen LogP contribution in [0.5, 0.6) is 34.5 Å². The zero-order chi connectivity index (χ0) is 25.8. The third kappa shape index (κ3) is 4.73. The summed E-state index contributed by atoms with van der Waals surface area (Å²) in [6.07, 6.45) is -2.82. The lowest BCUT2D eigenvalue weighted by atomic mass is 9.89. The topological polar surface area (TPSA) is 127 Å². The minimum Gasteiger partial charge on any atom is -0.504 e. The van der Waals surface area contributed by atoms with E-state index < -0.39 is 30.8 Å². The van der Waals surface area contributed by atoms with Gasteiger partial charge >= 0.3 is 0 Å². The van der Waals surface area contributed by atoms with Gasteiger partial charge in [0.25, 0.3) is 0 Å². The summed E-state index contributed by atoms with van der Waals surface area (Å²) >= 11 is 0. The van der Waals surface area contributed by atoms with Gasteiger partial charge in [0.2, 0.25) is 0 Å². The highest BCUT2D eigenvalue weighted by Crippen LogP contribution is 2.52. The number of benzene rings is 3. The van der Waals surface area contributed by atoms with Crippen LogP contribution in [0.3, 0.4) is 0 Å². The SMILES string of the molecule is COc1cc(C2Oc3c(OC)cc(C(O)C(CO)Oc4ccccc4OC)cc3C2CO)ccc1O. The fourth-order valence-electron chi connectivity index (χ4n) is 4.40. The first-order valence-corrected chi connectivity index (χ1v) is 11.4. The first-order valence-electron chi connectivity index (χ1n) is 11.4. The number of para-hydroxylation sites is 2. The summed E-state index contributed by atoms with van der Waals surface area (Å²) in [5.41, 5.74) is 1.75. The lowest BCUT2D eigenvalue weighted by Crippen LogP contribution is -2.29. The van der Waals surface area contributed by atoms with E-state index in [1.54, 1.807) is 48.5 Å². The summed E-state index contributed by atoms with van der Waals surface area (Å²) in [6, 6.07) is 15.1. The average molecular weight is 499 g/mol. The van der Waals surface area contributed by atoms with Gasteiger partial charge in [-0.15, -0.1) is 0 Å². The zero-order valence-corrected chi connectivity index (χ0v) is 20.2. The van der Waals surface area contributed by atoms with E-state index in [9.17, 15) is 20.4 Å². The van der Waals surface area contributed by atoms with Crippen LogP contribution in [0, 0.1) is 0 Å². The Morgan fingerprint density at radius 3 is 2.19 bits per heavy atom. The summed E-state index contributed by atoms with van der Waals surface area (Å²) in [6.45, 7) is -0.709. The average Bonchev–Trinajstić information content (AvgIpc) is 3.29. The highest BCUT2D eigenvalue weighted by molar-refractivity contribution is 5.56. The highest BCUT2D eigenvalue weighted by atomic mass is 16.5. The minimum atomic E-state index is -1.23. The van der Waals surface area contributed by atoms with Gasteiger partial charge in [-0.2, -0.15) is 0 Å². The fraction of sp³-hybridized carbons (Fsp3) is 0.333. The van der Waals surface area contributed by atoms with Crippen LogP contribution < -0.4 is 23.7 Å². The minimum absolute atomic E-state index is 0.00890. The monoisotopic (exact) mass is 498 g/mol. The molecule has 0 aliphatic carbocycles. The van der Waals surface area contributed by atoms with Crippen molar-refractivity contribution >= 4 is 0 Å². The van der Waals surface area contributed by atoms with Crippen LogP contribution in [-0.4, -0.2) is 61.1 Å². The van der Waals surface area contributed by atoms with Crippen molar-refractivity contribution in [3.05, 3.63) is 71.3 Å². The molecule has 36 heavy (non-hydrogen) atoms. The molecular weight excluding hydrogens is 468 g/mol. The lowest BCUT2D eigenvalue weighted by molar-refractivity contribution is -0.000540. The number of methoxy groups -OCH3 is 3. The number of phenols is 1. The van der Waals surface area contributed by atoms with E-state index >= 15 is 0 Å². The van der Waals surface area contributed by atoms with Crippen LogP contribution in [-0.2, 0) is 0 Å². The largest absolute Gasteiger partial charge is 0.504 e. The van der Waals surface area contributed by atoms with Gasteiger partial charge in [0, 0.05) is 5.56 Å². The van der Waals surface area contributed by atoms with Gasteiger partial charge in [-0.3, -0.25) is 0 Å². The molecule has 1 aliphatic heterocycles. The fourth-order valence-corrected chi connectivity index (χ4v) is 4.40. The first kappa shape index (κ1) is 25.4. The molecule has 1 aliphatic rings. The smallest absolute Gasteiger partial charge is 0.165 e. The van der Waals surface area contributed by atoms with Crippen LogP contribution in [0.2, 0.25) is 0 Å². The van der Waals surface area contributed by atoms with Crippen molar-refractivity contribution < 1.29 is 44.1 Å². The molecule has 0 saturated carbocycles. The Labute approximate surface area is 209 Å². The van der Waals surface area contributed by atoms with E-state index in [-0.39, 0.29) is 18.1 Å². The van der Waals surface area contributed by atoms with E-state index in [4.69, 9.17) is 23.7 Å². The Morgan fingerprint density at radius 2 is 1.56 bits per heavy atom. The summed E-state index contributed by atoms with van der Waals surface area (Å²) in [4.78, 5) is 0. The van der Waals surface area contributed by atoms with Crippen LogP contribution in [0.25, 0.3) is 0 Å². The van der Waals surface area contributed by atoms with Gasteiger partial charge in [-0.25, -0.2) is 0 Å². The maximum atomic E-state index is 11.2. The van der Waals surface area contributed by atoms with Crippen LogP contribution >= 0.6 is 0 Å². The number of rotatable bonds is 10. The number of hydrogen-bond acceptors (Lipinski definition) is 9. The summed E-state index contributed by atoms with van der Waals surface area (Å²) < 4.78 is 28.2. The highest BCUT2D eigenvalue weighted by Gasteiger charge is 2.39. The predicted octanol–water partition coefficient (Wildman–Crippen LogP) is 3.10. The van der Waals surface area contributed by atoms with Gasteiger partial charge in [0.1, 0.15) is 12.2 Å². The Hall–Kier alpha value is -3.66. The van der Waals surface area contributed by atoms with Crippen molar-refractivity contribution in [1.82, 2.24) is 0 Å². The Kier molecular flexibility index (Phi) is 7.73. The van der Waals surface area contributed by atoms with Crippen molar-refractivity contribution in [2.24, 2.45) is 0 Å². The van der Waals surface area contributed by atoms with Crippen LogP contribution in [0.15, 0.2) is 54.6 Å². The third-order valence-corrected chi connectivity index (χ3v) is 6.29. The standard InChI is InChI=1S/C27H30O9/c1-32-20-6-4-5-7-21(20)35-24(14-29)25(31)16-10-17-18(13-28)26(36-27(17)23(12-16)34-3)15-8-9-19(30)22(11-15)33-2/h4-12,18,24-26,28-31H,13-14H2,1-3H3. The van der Waals surface area contributed by atoms with Gasteiger partial charge in [0.15, 0.2) is 40.6 Å². The molecule has 0 bridgehead atoms. The van der Waals surface area contributed by atoms with Crippen molar-refractivity contribution in [3.8, 4) is 34.5 Å². The van der Waals surface area contributed by atoms with Gasteiger partial charge in [-0.1, -0.05) is 18.2 Å². The number of aliphatic hydroxyl groups is 3. The molecule has 0 aromatic heterocycles. The molecule has 9 heteroatoms. The Balaban J connectivity index is 1.68. The normalized spacial score (nSPS) is 18.1. The van der Waals surface area contributed by atoms with E-state index in [1.807, 2.05) is 0 Å². The lowest BCUT2D eigenvalue weighted by Gasteiger charge is -2.24. The molecule has 4 N–H and O–H groups in total. The molecule has 4 unspecified atom stereocenters. The van der Waals surface area contributed by atoms with E-state index in [0.717, 1.165) is 0 Å². The molecule has 3 aromatic rings. The second kappa shape index (κ2) is 10.9. The molecule has 4 rings (SSSR count). The number of aliphatic hydroxyl groups excluding tert-OH is 3. The summed E-state index contributed by atoms with van der Waals surface area (Å²) in [7, 11) is 4.44. The summed E-state index contributed by atoms with van der Waals surface area (Å²) in [5.74, 6) is 1.44. The van der Waals surface area contributed by atoms with Gasteiger partial charge in [0.05, 0.1) is 40.5 Å². The van der Waals surface area contributed by atoms with E-state index in [0.29, 0.717) is 39.7 Å². The number of hydrogen-bond donors (Lipinski definition) is 4. The van der Waals surface area contributed by atoms with Crippen molar-refractivity contribution in [3.63, 3.8) is 0 Å². The first-order chi connectivity index (χ1) is 17.4. The summed E-state index contributed by atoms with van der Waals surface area (Å²) in [5, 5.41) is 41.4. The predicted molar refractivity (Wildman–Crippen MR) is 130 cm³/mol. The van der Waals surface area contributed by atoms with Gasteiger partial charge < -0.3 is 44.1 Å². The molecule has 3 aromatic carbocycles. The Bertz CT molecular complexity index is 1200. The number of fused-ring (bicyclic) bond motifs is 1. The van der Waals surface area contributed by atoms with E-state index in [1.165, 1.54) is 27.4 Å². The van der Waals surface area contributed by atoms with Crippen LogP contribution in [0.1, 0.15) is 34.8 Å². The molecule has 4 atom stereocenters. The Morgan fingerprint density at radius 1 is 0.861 bits per heavy atom. The molecule has 0 amide bonds. The van der Waals surface area contributed by atoms with Gasteiger partial charge in [-0.05, 0) is 47.5 Å².